The first kappa shape index (κ1) is 14.8. The Morgan fingerprint density at radius 1 is 1.41 bits per heavy atom. The zero-order valence-electron chi connectivity index (χ0n) is 13.0. The third kappa shape index (κ3) is 3.18. The van der Waals surface area contributed by atoms with Gasteiger partial charge in [0.25, 0.3) is 5.91 Å². The van der Waals surface area contributed by atoms with Crippen LogP contribution in [0.15, 0.2) is 30.6 Å². The third-order valence-electron chi connectivity index (χ3n) is 4.24. The Kier molecular flexibility index (Phi) is 4.51. The van der Waals surface area contributed by atoms with E-state index in [-0.39, 0.29) is 5.91 Å². The molecule has 3 heterocycles. The number of amides is 1. The summed E-state index contributed by atoms with van der Waals surface area (Å²) < 4.78 is 0. The van der Waals surface area contributed by atoms with Crippen LogP contribution < -0.4 is 0 Å². The van der Waals surface area contributed by atoms with Crippen molar-refractivity contribution < 1.29 is 4.79 Å². The molecule has 1 unspecified atom stereocenters. The fraction of sp³-hybridized carbons (Fsp3) is 0.471. The SMILES string of the molecule is CCCc1cc(C(=O)N2CCCC(c3ccn[nH]3)C2)ccn1. The summed E-state index contributed by atoms with van der Waals surface area (Å²) in [7, 11) is 0. The van der Waals surface area contributed by atoms with E-state index in [1.54, 1.807) is 12.4 Å². The van der Waals surface area contributed by atoms with Crippen LogP contribution >= 0.6 is 0 Å². The highest BCUT2D eigenvalue weighted by molar-refractivity contribution is 5.94. The molecule has 1 fully saturated rings. The van der Waals surface area contributed by atoms with Gasteiger partial charge in [-0.05, 0) is 37.5 Å². The average Bonchev–Trinajstić information content (AvgIpc) is 3.09. The van der Waals surface area contributed by atoms with Gasteiger partial charge in [-0.1, -0.05) is 13.3 Å². The Bertz CT molecular complexity index is 623. The van der Waals surface area contributed by atoms with Gasteiger partial charge in [-0.2, -0.15) is 5.10 Å². The molecule has 5 heteroatoms. The smallest absolute Gasteiger partial charge is 0.253 e. The first-order chi connectivity index (χ1) is 10.8. The fourth-order valence-corrected chi connectivity index (χ4v) is 3.10. The van der Waals surface area contributed by atoms with Crippen molar-refractivity contribution in [3.8, 4) is 0 Å². The Morgan fingerprint density at radius 3 is 3.09 bits per heavy atom. The zero-order valence-corrected chi connectivity index (χ0v) is 13.0. The largest absolute Gasteiger partial charge is 0.338 e. The van der Waals surface area contributed by atoms with Crippen LogP contribution in [0.2, 0.25) is 0 Å². The van der Waals surface area contributed by atoms with Crippen molar-refractivity contribution in [2.24, 2.45) is 0 Å². The van der Waals surface area contributed by atoms with Crippen LogP contribution in [0.1, 0.15) is 53.8 Å². The van der Waals surface area contributed by atoms with E-state index in [1.165, 1.54) is 0 Å². The standard InChI is InChI=1S/C17H22N4O/c1-2-4-15-11-13(6-8-18-15)17(22)21-10-3-5-14(12-21)16-7-9-19-20-16/h6-9,11,14H,2-5,10,12H2,1H3,(H,19,20). The molecular formula is C17H22N4O. The minimum absolute atomic E-state index is 0.115. The van der Waals surface area contributed by atoms with Crippen LogP contribution in [-0.4, -0.2) is 39.1 Å². The molecule has 2 aromatic heterocycles. The number of aryl methyl sites for hydroxylation is 1. The van der Waals surface area contributed by atoms with Crippen molar-refractivity contribution in [1.82, 2.24) is 20.1 Å². The van der Waals surface area contributed by atoms with Crippen LogP contribution in [-0.2, 0) is 6.42 Å². The fourth-order valence-electron chi connectivity index (χ4n) is 3.10. The molecule has 0 radical (unpaired) electrons. The number of H-pyrrole nitrogens is 1. The minimum atomic E-state index is 0.115. The van der Waals surface area contributed by atoms with Crippen molar-refractivity contribution in [2.75, 3.05) is 13.1 Å². The van der Waals surface area contributed by atoms with Gasteiger partial charge in [0.2, 0.25) is 0 Å². The van der Waals surface area contributed by atoms with Gasteiger partial charge in [0.15, 0.2) is 0 Å². The second kappa shape index (κ2) is 6.73. The number of carbonyl (C=O) groups is 1. The maximum Gasteiger partial charge on any atom is 0.253 e. The predicted octanol–water partition coefficient (Wildman–Crippen LogP) is 2.78. The highest BCUT2D eigenvalue weighted by Gasteiger charge is 2.26. The molecule has 22 heavy (non-hydrogen) atoms. The van der Waals surface area contributed by atoms with Crippen molar-refractivity contribution in [1.29, 1.82) is 0 Å². The molecule has 0 saturated carbocycles. The summed E-state index contributed by atoms with van der Waals surface area (Å²) in [6, 6.07) is 5.76. The van der Waals surface area contributed by atoms with Gasteiger partial charge in [0, 0.05) is 48.4 Å². The monoisotopic (exact) mass is 298 g/mol. The van der Waals surface area contributed by atoms with E-state index in [9.17, 15) is 4.79 Å². The van der Waals surface area contributed by atoms with E-state index in [2.05, 4.69) is 22.1 Å². The molecule has 1 atom stereocenters. The maximum absolute atomic E-state index is 12.7. The van der Waals surface area contributed by atoms with Crippen LogP contribution in [0.25, 0.3) is 0 Å². The number of hydrogen-bond acceptors (Lipinski definition) is 3. The van der Waals surface area contributed by atoms with Gasteiger partial charge in [-0.15, -0.1) is 0 Å². The number of aromatic nitrogens is 3. The lowest BCUT2D eigenvalue weighted by molar-refractivity contribution is 0.0705. The van der Waals surface area contributed by atoms with E-state index in [4.69, 9.17) is 0 Å². The summed E-state index contributed by atoms with van der Waals surface area (Å²) >= 11 is 0. The lowest BCUT2D eigenvalue weighted by Gasteiger charge is -2.32. The molecule has 1 saturated heterocycles. The van der Waals surface area contributed by atoms with Crippen LogP contribution in [0.5, 0.6) is 0 Å². The Labute approximate surface area is 130 Å². The molecular weight excluding hydrogens is 276 g/mol. The molecule has 3 rings (SSSR count). The first-order valence-electron chi connectivity index (χ1n) is 8.01. The Morgan fingerprint density at radius 2 is 2.32 bits per heavy atom. The summed E-state index contributed by atoms with van der Waals surface area (Å²) in [5.74, 6) is 0.473. The van der Waals surface area contributed by atoms with Crippen LogP contribution in [0.3, 0.4) is 0 Å². The van der Waals surface area contributed by atoms with E-state index < -0.39 is 0 Å². The molecule has 1 amide bonds. The number of nitrogens with one attached hydrogen (secondary N) is 1. The average molecular weight is 298 g/mol. The van der Waals surface area contributed by atoms with E-state index in [0.717, 1.165) is 55.7 Å². The predicted molar refractivity (Wildman–Crippen MR) is 84.7 cm³/mol. The molecule has 5 nitrogen and oxygen atoms in total. The molecule has 0 bridgehead atoms. The Hall–Kier alpha value is -2.17. The second-order valence-electron chi connectivity index (χ2n) is 5.89. The van der Waals surface area contributed by atoms with Gasteiger partial charge in [-0.3, -0.25) is 14.9 Å². The van der Waals surface area contributed by atoms with Crippen LogP contribution in [0, 0.1) is 0 Å². The van der Waals surface area contributed by atoms with Crippen molar-refractivity contribution in [3.63, 3.8) is 0 Å². The normalized spacial score (nSPS) is 18.4. The van der Waals surface area contributed by atoms with Crippen molar-refractivity contribution in [2.45, 2.75) is 38.5 Å². The number of aromatic amines is 1. The highest BCUT2D eigenvalue weighted by Crippen LogP contribution is 2.26. The number of piperidine rings is 1. The summed E-state index contributed by atoms with van der Waals surface area (Å²) in [5, 5.41) is 7.05. The summed E-state index contributed by atoms with van der Waals surface area (Å²) in [5.41, 5.74) is 2.87. The maximum atomic E-state index is 12.7. The van der Waals surface area contributed by atoms with Gasteiger partial charge in [0.1, 0.15) is 0 Å². The van der Waals surface area contributed by atoms with Gasteiger partial charge in [-0.25, -0.2) is 0 Å². The molecule has 1 aliphatic rings. The quantitative estimate of drug-likeness (QED) is 0.944. The van der Waals surface area contributed by atoms with Gasteiger partial charge < -0.3 is 4.90 Å². The summed E-state index contributed by atoms with van der Waals surface area (Å²) in [6.45, 7) is 3.71. The zero-order chi connectivity index (χ0) is 15.4. The molecule has 0 aromatic carbocycles. The highest BCUT2D eigenvalue weighted by atomic mass is 16.2. The molecule has 1 N–H and O–H groups in total. The van der Waals surface area contributed by atoms with E-state index >= 15 is 0 Å². The van der Waals surface area contributed by atoms with E-state index in [1.807, 2.05) is 23.1 Å². The lowest BCUT2D eigenvalue weighted by Crippen LogP contribution is -2.39. The Balaban J connectivity index is 1.72. The number of carbonyl (C=O) groups excluding carboxylic acids is 1. The van der Waals surface area contributed by atoms with E-state index in [0.29, 0.717) is 5.92 Å². The van der Waals surface area contributed by atoms with Crippen molar-refractivity contribution in [3.05, 3.63) is 47.5 Å². The number of hydrogen-bond donors (Lipinski definition) is 1. The molecule has 1 aliphatic heterocycles. The van der Waals surface area contributed by atoms with Gasteiger partial charge in [0.05, 0.1) is 0 Å². The lowest BCUT2D eigenvalue weighted by atomic mass is 9.94. The number of nitrogens with zero attached hydrogens (tertiary/aromatic N) is 3. The van der Waals surface area contributed by atoms with Gasteiger partial charge >= 0.3 is 0 Å². The molecule has 0 spiro atoms. The number of pyridine rings is 1. The summed E-state index contributed by atoms with van der Waals surface area (Å²) in [6.07, 6.45) is 7.60. The summed E-state index contributed by atoms with van der Waals surface area (Å²) in [4.78, 5) is 19.0. The molecule has 2 aromatic rings. The molecule has 0 aliphatic carbocycles. The van der Waals surface area contributed by atoms with Crippen LogP contribution in [0.4, 0.5) is 0 Å². The number of likely N-dealkylation sites (tertiary alicyclic amines) is 1. The second-order valence-corrected chi connectivity index (χ2v) is 5.89. The molecule has 116 valence electrons. The minimum Gasteiger partial charge on any atom is -0.338 e. The first-order valence-corrected chi connectivity index (χ1v) is 8.01. The van der Waals surface area contributed by atoms with Crippen molar-refractivity contribution >= 4 is 5.91 Å². The third-order valence-corrected chi connectivity index (χ3v) is 4.24. The topological polar surface area (TPSA) is 61.9 Å². The number of rotatable bonds is 4.